The normalized spacial score (nSPS) is 11.3. The van der Waals surface area contributed by atoms with Crippen molar-refractivity contribution in [3.05, 3.63) is 57.1 Å². The van der Waals surface area contributed by atoms with Gasteiger partial charge >= 0.3 is 12.8 Å². The van der Waals surface area contributed by atoms with E-state index < -0.39 is 47.2 Å². The number of carbonyl (C=O) groups excluding carboxylic acids is 1. The number of nitro groups is 1. The molecular formula is C16H10ClF5N2O5. The zero-order valence-electron chi connectivity index (χ0n) is 14.0. The second-order valence-electron chi connectivity index (χ2n) is 5.30. The molecule has 0 aliphatic rings. The third-order valence-corrected chi connectivity index (χ3v) is 3.57. The van der Waals surface area contributed by atoms with Gasteiger partial charge in [0, 0.05) is 17.8 Å². The van der Waals surface area contributed by atoms with Gasteiger partial charge in [-0.25, -0.2) is 0 Å². The summed E-state index contributed by atoms with van der Waals surface area (Å²) in [5.74, 6) is -2.01. The van der Waals surface area contributed by atoms with Crippen LogP contribution < -0.4 is 14.8 Å². The van der Waals surface area contributed by atoms with Crippen molar-refractivity contribution in [2.75, 3.05) is 11.9 Å². The molecule has 2 aromatic rings. The average molecular weight is 441 g/mol. The van der Waals surface area contributed by atoms with E-state index in [4.69, 9.17) is 16.3 Å². The fourth-order valence-corrected chi connectivity index (χ4v) is 2.31. The molecule has 2 rings (SSSR count). The number of ether oxygens (including phenoxy) is 2. The number of nitrogens with one attached hydrogen (secondary N) is 1. The van der Waals surface area contributed by atoms with Crippen molar-refractivity contribution in [1.82, 2.24) is 0 Å². The van der Waals surface area contributed by atoms with Crippen molar-refractivity contribution >= 4 is 28.9 Å². The maximum absolute atomic E-state index is 13.1. The Hall–Kier alpha value is -3.15. The highest BCUT2D eigenvalue weighted by Gasteiger charge is 2.36. The highest BCUT2D eigenvalue weighted by Crippen LogP contribution is 2.38. The van der Waals surface area contributed by atoms with Crippen LogP contribution in [-0.4, -0.2) is 24.0 Å². The summed E-state index contributed by atoms with van der Waals surface area (Å²) < 4.78 is 72.5. The molecule has 0 spiro atoms. The third-order valence-electron chi connectivity index (χ3n) is 3.27. The first-order chi connectivity index (χ1) is 13.5. The minimum atomic E-state index is -4.95. The maximum Gasteiger partial charge on any atom is 0.420 e. The molecule has 29 heavy (non-hydrogen) atoms. The second kappa shape index (κ2) is 8.90. The zero-order valence-corrected chi connectivity index (χ0v) is 14.8. The van der Waals surface area contributed by atoms with Gasteiger partial charge in [0.15, 0.2) is 6.61 Å². The molecule has 7 nitrogen and oxygen atoms in total. The number of nitrogens with zero attached hydrogens (tertiary/aromatic N) is 1. The first-order valence-corrected chi connectivity index (χ1v) is 7.88. The van der Waals surface area contributed by atoms with E-state index in [0.29, 0.717) is 0 Å². The van der Waals surface area contributed by atoms with Crippen molar-refractivity contribution in [3.63, 3.8) is 0 Å². The molecule has 0 aliphatic heterocycles. The molecule has 156 valence electrons. The van der Waals surface area contributed by atoms with E-state index in [2.05, 4.69) is 10.1 Å². The predicted octanol–water partition coefficient (Wildman–Crippen LogP) is 4.89. The summed E-state index contributed by atoms with van der Waals surface area (Å²) in [6, 6.07) is 5.13. The Morgan fingerprint density at radius 2 is 1.83 bits per heavy atom. The summed E-state index contributed by atoms with van der Waals surface area (Å²) in [5, 5.41) is 12.6. The van der Waals surface area contributed by atoms with Gasteiger partial charge in [-0.2, -0.15) is 22.0 Å². The van der Waals surface area contributed by atoms with Crippen molar-refractivity contribution in [2.24, 2.45) is 0 Å². The predicted molar refractivity (Wildman–Crippen MR) is 90.3 cm³/mol. The van der Waals surface area contributed by atoms with E-state index in [1.165, 1.54) is 6.07 Å². The number of benzene rings is 2. The van der Waals surface area contributed by atoms with Gasteiger partial charge < -0.3 is 14.8 Å². The number of halogens is 6. The van der Waals surface area contributed by atoms with Crippen LogP contribution in [0.3, 0.4) is 0 Å². The van der Waals surface area contributed by atoms with Gasteiger partial charge in [-0.15, -0.1) is 0 Å². The second-order valence-corrected chi connectivity index (χ2v) is 5.70. The van der Waals surface area contributed by atoms with Gasteiger partial charge in [-0.05, 0) is 24.3 Å². The van der Waals surface area contributed by atoms with Crippen LogP contribution in [0.1, 0.15) is 5.56 Å². The van der Waals surface area contributed by atoms with E-state index in [1.54, 1.807) is 0 Å². The number of nitro benzene ring substituents is 1. The van der Waals surface area contributed by atoms with Crippen molar-refractivity contribution < 1.29 is 41.1 Å². The summed E-state index contributed by atoms with van der Waals surface area (Å²) in [5.41, 5.74) is -2.17. The lowest BCUT2D eigenvalue weighted by molar-refractivity contribution is -0.385. The smallest absolute Gasteiger partial charge is 0.420 e. The van der Waals surface area contributed by atoms with Crippen LogP contribution in [0.4, 0.5) is 33.3 Å². The molecule has 0 heterocycles. The molecular weight excluding hydrogens is 431 g/mol. The van der Waals surface area contributed by atoms with E-state index in [0.717, 1.165) is 24.3 Å². The minimum Gasteiger partial charge on any atom is -0.483 e. The number of hydrogen-bond donors (Lipinski definition) is 1. The molecule has 0 aromatic heterocycles. The standard InChI is InChI=1S/C16H10ClF5N2O5/c17-11-5-8(1-3-13(11)29-15(18)19)23-14(25)7-28-12-4-2-9(24(26)27)6-10(12)16(20,21)22/h1-6,15H,7H2,(H,23,25). The summed E-state index contributed by atoms with van der Waals surface area (Å²) in [4.78, 5) is 21.5. The molecule has 0 radical (unpaired) electrons. The number of hydrogen-bond acceptors (Lipinski definition) is 5. The molecule has 0 atom stereocenters. The van der Waals surface area contributed by atoms with E-state index in [9.17, 15) is 36.9 Å². The van der Waals surface area contributed by atoms with Gasteiger partial charge in [-0.1, -0.05) is 11.6 Å². The van der Waals surface area contributed by atoms with Gasteiger partial charge in [0.05, 0.1) is 9.95 Å². The van der Waals surface area contributed by atoms with Gasteiger partial charge in [0.2, 0.25) is 0 Å². The first-order valence-electron chi connectivity index (χ1n) is 7.50. The summed E-state index contributed by atoms with van der Waals surface area (Å²) >= 11 is 5.72. The lowest BCUT2D eigenvalue weighted by Crippen LogP contribution is -2.21. The largest absolute Gasteiger partial charge is 0.483 e. The highest BCUT2D eigenvalue weighted by molar-refractivity contribution is 6.32. The Morgan fingerprint density at radius 3 is 2.38 bits per heavy atom. The van der Waals surface area contributed by atoms with E-state index in [-0.39, 0.29) is 22.5 Å². The van der Waals surface area contributed by atoms with Crippen LogP contribution in [-0.2, 0) is 11.0 Å². The van der Waals surface area contributed by atoms with Gasteiger partial charge in [0.25, 0.3) is 11.6 Å². The molecule has 0 aliphatic carbocycles. The lowest BCUT2D eigenvalue weighted by Gasteiger charge is -2.14. The van der Waals surface area contributed by atoms with Crippen LogP contribution >= 0.6 is 11.6 Å². The molecule has 13 heteroatoms. The van der Waals surface area contributed by atoms with E-state index >= 15 is 0 Å². The quantitative estimate of drug-likeness (QED) is 0.376. The fraction of sp³-hybridized carbons (Fsp3) is 0.188. The monoisotopic (exact) mass is 440 g/mol. The Bertz CT molecular complexity index is 923. The first kappa shape index (κ1) is 22.1. The van der Waals surface area contributed by atoms with Crippen LogP contribution in [0.25, 0.3) is 0 Å². The number of carbonyl (C=O) groups is 1. The van der Waals surface area contributed by atoms with Gasteiger partial charge in [-0.3, -0.25) is 14.9 Å². The minimum absolute atomic E-state index is 0.0463. The summed E-state index contributed by atoms with van der Waals surface area (Å²) in [6.07, 6.45) is -4.95. The summed E-state index contributed by atoms with van der Waals surface area (Å²) in [7, 11) is 0. The molecule has 0 fully saturated rings. The Labute approximate surface area is 164 Å². The maximum atomic E-state index is 13.1. The van der Waals surface area contributed by atoms with Crippen molar-refractivity contribution in [2.45, 2.75) is 12.8 Å². The SMILES string of the molecule is O=C(COc1ccc([N+](=O)[O-])cc1C(F)(F)F)Nc1ccc(OC(F)F)c(Cl)c1. The number of anilines is 1. The molecule has 1 amide bonds. The van der Waals surface area contributed by atoms with Crippen molar-refractivity contribution in [1.29, 1.82) is 0 Å². The third kappa shape index (κ3) is 6.17. The molecule has 0 saturated heterocycles. The topological polar surface area (TPSA) is 90.7 Å². The highest BCUT2D eigenvalue weighted by atomic mass is 35.5. The van der Waals surface area contributed by atoms with Crippen LogP contribution in [0.2, 0.25) is 5.02 Å². The molecule has 0 saturated carbocycles. The number of non-ortho nitro benzene ring substituents is 1. The number of alkyl halides is 5. The zero-order chi connectivity index (χ0) is 21.8. The summed E-state index contributed by atoms with van der Waals surface area (Å²) in [6.45, 7) is -3.97. The number of rotatable bonds is 7. The van der Waals surface area contributed by atoms with Crippen molar-refractivity contribution in [3.8, 4) is 11.5 Å². The molecule has 1 N–H and O–H groups in total. The Morgan fingerprint density at radius 1 is 1.17 bits per heavy atom. The van der Waals surface area contributed by atoms with Crippen LogP contribution in [0.15, 0.2) is 36.4 Å². The molecule has 2 aromatic carbocycles. The average Bonchev–Trinajstić information content (AvgIpc) is 2.61. The number of amides is 1. The molecule has 0 unspecified atom stereocenters. The Kier molecular flexibility index (Phi) is 6.80. The molecule has 0 bridgehead atoms. The Balaban J connectivity index is 2.07. The fourth-order valence-electron chi connectivity index (χ4n) is 2.09. The lowest BCUT2D eigenvalue weighted by atomic mass is 10.1. The van der Waals surface area contributed by atoms with Crippen LogP contribution in [0.5, 0.6) is 11.5 Å². The van der Waals surface area contributed by atoms with Crippen LogP contribution in [0, 0.1) is 10.1 Å². The van der Waals surface area contributed by atoms with E-state index in [1.807, 2.05) is 0 Å². The van der Waals surface area contributed by atoms with Gasteiger partial charge in [0.1, 0.15) is 17.1 Å².